The van der Waals surface area contributed by atoms with Gasteiger partial charge in [-0.1, -0.05) is 30.4 Å². The van der Waals surface area contributed by atoms with E-state index in [1.165, 1.54) is 0 Å². The van der Waals surface area contributed by atoms with E-state index in [9.17, 15) is 8.42 Å². The molecule has 0 aromatic heterocycles. The van der Waals surface area contributed by atoms with Crippen molar-refractivity contribution >= 4 is 9.84 Å². The minimum Gasteiger partial charge on any atom is -0.219 e. The summed E-state index contributed by atoms with van der Waals surface area (Å²) >= 11 is 0. The van der Waals surface area contributed by atoms with E-state index in [4.69, 9.17) is 0 Å². The summed E-state index contributed by atoms with van der Waals surface area (Å²) < 4.78 is 23.8. The van der Waals surface area contributed by atoms with Crippen molar-refractivity contribution in [3.8, 4) is 0 Å². The van der Waals surface area contributed by atoms with Crippen molar-refractivity contribution in [3.63, 3.8) is 0 Å². The van der Waals surface area contributed by atoms with Crippen LogP contribution < -0.4 is 0 Å². The van der Waals surface area contributed by atoms with Crippen LogP contribution in [0.2, 0.25) is 0 Å². The third-order valence-corrected chi connectivity index (χ3v) is 3.55. The van der Waals surface area contributed by atoms with Gasteiger partial charge in [0.15, 0.2) is 0 Å². The molecule has 0 radical (unpaired) electrons. The van der Waals surface area contributed by atoms with Gasteiger partial charge >= 0.3 is 0 Å². The van der Waals surface area contributed by atoms with Gasteiger partial charge in [-0.2, -0.15) is 0 Å². The molecule has 15 heavy (non-hydrogen) atoms. The first kappa shape index (κ1) is 11.7. The molecule has 1 rings (SSSR count). The lowest BCUT2D eigenvalue weighted by Crippen LogP contribution is -2.02. The highest BCUT2D eigenvalue weighted by molar-refractivity contribution is 7.95. The van der Waals surface area contributed by atoms with E-state index in [0.717, 1.165) is 5.57 Å². The zero-order valence-corrected chi connectivity index (χ0v) is 9.71. The first-order chi connectivity index (χ1) is 6.94. The molecule has 0 saturated carbocycles. The number of benzene rings is 1. The average Bonchev–Trinajstić information content (AvgIpc) is 2.18. The molecule has 0 fully saturated rings. The molecule has 0 spiro atoms. The molecule has 0 bridgehead atoms. The van der Waals surface area contributed by atoms with Gasteiger partial charge in [0.2, 0.25) is 9.84 Å². The molecule has 0 heterocycles. The maximum Gasteiger partial charge on any atom is 0.205 e. The molecule has 1 aromatic rings. The maximum absolute atomic E-state index is 11.9. The average molecular weight is 222 g/mol. The number of rotatable bonds is 3. The third-order valence-electron chi connectivity index (χ3n) is 1.85. The summed E-state index contributed by atoms with van der Waals surface area (Å²) in [5, 5.41) is 0. The largest absolute Gasteiger partial charge is 0.219 e. The topological polar surface area (TPSA) is 34.1 Å². The molecule has 1 aromatic carbocycles. The van der Waals surface area contributed by atoms with Crippen LogP contribution in [0.25, 0.3) is 0 Å². The first-order valence-corrected chi connectivity index (χ1v) is 6.07. The smallest absolute Gasteiger partial charge is 0.205 e. The van der Waals surface area contributed by atoms with Gasteiger partial charge in [-0.3, -0.25) is 0 Å². The Morgan fingerprint density at radius 3 is 2.20 bits per heavy atom. The maximum atomic E-state index is 11.9. The third kappa shape index (κ3) is 2.80. The van der Waals surface area contributed by atoms with Crippen molar-refractivity contribution in [2.24, 2.45) is 0 Å². The minimum absolute atomic E-state index is 0.133. The molecular weight excluding hydrogens is 208 g/mol. The minimum atomic E-state index is -3.40. The molecule has 0 atom stereocenters. The molecule has 0 N–H and O–H groups in total. The van der Waals surface area contributed by atoms with Crippen LogP contribution in [-0.2, 0) is 9.84 Å². The number of sulfone groups is 1. The van der Waals surface area contributed by atoms with Crippen molar-refractivity contribution in [2.75, 3.05) is 0 Å². The summed E-state index contributed by atoms with van der Waals surface area (Å²) in [6.45, 7) is 7.26. The quantitative estimate of drug-likeness (QED) is 0.737. The lowest BCUT2D eigenvalue weighted by Gasteiger charge is -2.03. The summed E-state index contributed by atoms with van der Waals surface area (Å²) in [7, 11) is -3.40. The van der Waals surface area contributed by atoms with Crippen LogP contribution in [0.5, 0.6) is 0 Å². The fourth-order valence-electron chi connectivity index (χ4n) is 1.15. The summed E-state index contributed by atoms with van der Waals surface area (Å²) in [6, 6.07) is 8.31. The van der Waals surface area contributed by atoms with Crippen LogP contribution in [0.1, 0.15) is 13.8 Å². The van der Waals surface area contributed by atoms with Gasteiger partial charge < -0.3 is 0 Å². The van der Waals surface area contributed by atoms with E-state index in [1.807, 2.05) is 13.8 Å². The lowest BCUT2D eigenvalue weighted by atomic mass is 10.3. The molecule has 3 heteroatoms. The van der Waals surface area contributed by atoms with Crippen LogP contribution in [0, 0.1) is 0 Å². The lowest BCUT2D eigenvalue weighted by molar-refractivity contribution is 0.603. The van der Waals surface area contributed by atoms with Gasteiger partial charge in [0, 0.05) is 0 Å². The van der Waals surface area contributed by atoms with Gasteiger partial charge in [0.05, 0.1) is 9.80 Å². The predicted molar refractivity (Wildman–Crippen MR) is 62.2 cm³/mol. The van der Waals surface area contributed by atoms with Crippen LogP contribution >= 0.6 is 0 Å². The van der Waals surface area contributed by atoms with E-state index in [2.05, 4.69) is 6.58 Å². The summed E-state index contributed by atoms with van der Waals surface area (Å²) in [5.41, 5.74) is 0.916. The molecule has 80 valence electrons. The highest BCUT2D eigenvalue weighted by atomic mass is 32.2. The van der Waals surface area contributed by atoms with Crippen LogP contribution in [-0.4, -0.2) is 8.42 Å². The van der Waals surface area contributed by atoms with Crippen LogP contribution in [0.15, 0.2) is 58.4 Å². The van der Waals surface area contributed by atoms with Crippen molar-refractivity contribution < 1.29 is 8.42 Å². The number of hydrogen-bond acceptors (Lipinski definition) is 2. The van der Waals surface area contributed by atoms with E-state index in [-0.39, 0.29) is 9.80 Å². The Morgan fingerprint density at radius 2 is 1.73 bits per heavy atom. The van der Waals surface area contributed by atoms with E-state index in [1.54, 1.807) is 36.4 Å². The standard InChI is InChI=1S/C12H14O2S/c1-10(2)9-11(3)15(13,14)12-7-5-4-6-8-12/h4-9H,3H2,1-2H3. The normalized spacial score (nSPS) is 10.8. The van der Waals surface area contributed by atoms with Gasteiger partial charge in [0.1, 0.15) is 0 Å². The monoisotopic (exact) mass is 222 g/mol. The number of allylic oxidation sites excluding steroid dienone is 2. The van der Waals surface area contributed by atoms with Gasteiger partial charge in [-0.25, -0.2) is 8.42 Å². The van der Waals surface area contributed by atoms with Crippen molar-refractivity contribution in [1.29, 1.82) is 0 Å². The zero-order chi connectivity index (χ0) is 11.5. The molecule has 0 aliphatic carbocycles. The second-order valence-corrected chi connectivity index (χ2v) is 5.51. The molecule has 2 nitrogen and oxygen atoms in total. The van der Waals surface area contributed by atoms with E-state index < -0.39 is 9.84 Å². The van der Waals surface area contributed by atoms with Gasteiger partial charge in [-0.05, 0) is 32.1 Å². The Morgan fingerprint density at radius 1 is 1.20 bits per heavy atom. The Bertz CT molecular complexity index is 478. The fraction of sp³-hybridized carbons (Fsp3) is 0.167. The molecule has 0 amide bonds. The van der Waals surface area contributed by atoms with Gasteiger partial charge in [-0.15, -0.1) is 0 Å². The Labute approximate surface area is 90.9 Å². The fourth-order valence-corrected chi connectivity index (χ4v) is 2.36. The SMILES string of the molecule is C=C(C=C(C)C)S(=O)(=O)c1ccccc1. The molecule has 0 saturated heterocycles. The van der Waals surface area contributed by atoms with Gasteiger partial charge in [0.25, 0.3) is 0 Å². The Kier molecular flexibility index (Phi) is 3.48. The van der Waals surface area contributed by atoms with Crippen molar-refractivity contribution in [3.05, 3.63) is 53.5 Å². The summed E-state index contributed by atoms with van der Waals surface area (Å²) in [6.07, 6.45) is 1.57. The molecular formula is C12H14O2S. The number of hydrogen-bond donors (Lipinski definition) is 0. The Balaban J connectivity index is 3.16. The van der Waals surface area contributed by atoms with Crippen molar-refractivity contribution in [2.45, 2.75) is 18.7 Å². The second-order valence-electron chi connectivity index (χ2n) is 3.50. The van der Waals surface area contributed by atoms with E-state index >= 15 is 0 Å². The zero-order valence-electron chi connectivity index (χ0n) is 8.90. The molecule has 0 aliphatic heterocycles. The summed E-state index contributed by atoms with van der Waals surface area (Å²) in [5.74, 6) is 0. The highest BCUT2D eigenvalue weighted by Crippen LogP contribution is 2.19. The first-order valence-electron chi connectivity index (χ1n) is 4.58. The predicted octanol–water partition coefficient (Wildman–Crippen LogP) is 2.94. The van der Waals surface area contributed by atoms with Crippen molar-refractivity contribution in [1.82, 2.24) is 0 Å². The summed E-state index contributed by atoms with van der Waals surface area (Å²) in [4.78, 5) is 0.418. The van der Waals surface area contributed by atoms with E-state index in [0.29, 0.717) is 0 Å². The van der Waals surface area contributed by atoms with Crippen LogP contribution in [0.4, 0.5) is 0 Å². The Hall–Kier alpha value is -1.35. The van der Waals surface area contributed by atoms with Crippen LogP contribution in [0.3, 0.4) is 0 Å². The molecule has 0 unspecified atom stereocenters. The highest BCUT2D eigenvalue weighted by Gasteiger charge is 2.15. The molecule has 0 aliphatic rings. The second kappa shape index (κ2) is 4.45.